The van der Waals surface area contributed by atoms with Crippen molar-refractivity contribution in [3.63, 3.8) is 0 Å². The third kappa shape index (κ3) is 3.60. The van der Waals surface area contributed by atoms with Gasteiger partial charge in [-0.3, -0.25) is 15.0 Å². The van der Waals surface area contributed by atoms with Gasteiger partial charge in [-0.1, -0.05) is 24.3 Å². The summed E-state index contributed by atoms with van der Waals surface area (Å²) in [6.07, 6.45) is 2.76. The highest BCUT2D eigenvalue weighted by molar-refractivity contribution is 5.86. The Bertz CT molecular complexity index is 1260. The minimum atomic E-state index is -0.414. The van der Waals surface area contributed by atoms with Crippen molar-refractivity contribution >= 4 is 16.9 Å². The van der Waals surface area contributed by atoms with Crippen LogP contribution in [0.4, 0.5) is 0 Å². The van der Waals surface area contributed by atoms with Gasteiger partial charge in [0.1, 0.15) is 11.7 Å². The first-order chi connectivity index (χ1) is 14.6. The number of nitrogens with one attached hydrogen (secondary N) is 1. The second kappa shape index (κ2) is 8.08. The molecule has 9 heteroatoms. The molecule has 1 amide bonds. The Labute approximate surface area is 171 Å². The topological polar surface area (TPSA) is 100 Å². The van der Waals surface area contributed by atoms with E-state index < -0.39 is 5.56 Å². The molecule has 0 saturated heterocycles. The van der Waals surface area contributed by atoms with E-state index in [0.717, 1.165) is 10.4 Å². The van der Waals surface area contributed by atoms with Crippen LogP contribution in [0.25, 0.3) is 16.7 Å². The molecule has 2 heterocycles. The first-order valence-electron chi connectivity index (χ1n) is 9.12. The molecule has 30 heavy (non-hydrogen) atoms. The predicted octanol–water partition coefficient (Wildman–Crippen LogP) is 1.91. The highest BCUT2D eigenvalue weighted by Gasteiger charge is 2.14. The van der Waals surface area contributed by atoms with Gasteiger partial charge >= 0.3 is 0 Å². The predicted molar refractivity (Wildman–Crippen MR) is 111 cm³/mol. The number of methoxy groups -OCH3 is 2. The van der Waals surface area contributed by atoms with Crippen LogP contribution in [0.5, 0.6) is 11.5 Å². The monoisotopic (exact) mass is 405 g/mol. The van der Waals surface area contributed by atoms with Crippen molar-refractivity contribution in [1.29, 1.82) is 0 Å². The molecule has 0 unspecified atom stereocenters. The van der Waals surface area contributed by atoms with Gasteiger partial charge < -0.3 is 9.47 Å². The first-order valence-corrected chi connectivity index (χ1v) is 9.12. The number of aromatic nitrogens is 4. The average molecular weight is 405 g/mol. The molecule has 9 nitrogen and oxygen atoms in total. The molecule has 0 radical (unpaired) electrons. The zero-order valence-electron chi connectivity index (χ0n) is 16.4. The minimum Gasteiger partial charge on any atom is -0.493 e. The van der Waals surface area contributed by atoms with E-state index in [1.807, 2.05) is 30.3 Å². The Morgan fingerprint density at radius 2 is 1.83 bits per heavy atom. The molecule has 0 bridgehead atoms. The van der Waals surface area contributed by atoms with Crippen LogP contribution in [0.1, 0.15) is 5.56 Å². The van der Waals surface area contributed by atoms with Crippen LogP contribution in [0.3, 0.4) is 0 Å². The third-order valence-electron chi connectivity index (χ3n) is 4.55. The van der Waals surface area contributed by atoms with Crippen LogP contribution in [0, 0.1) is 0 Å². The molecule has 0 saturated carbocycles. The maximum Gasteiger partial charge on any atom is 0.283 e. The molecule has 2 aromatic heterocycles. The molecular weight excluding hydrogens is 386 g/mol. The lowest BCUT2D eigenvalue weighted by atomic mass is 10.1. The molecule has 2 aromatic carbocycles. The lowest BCUT2D eigenvalue weighted by Crippen LogP contribution is -2.34. The quantitative estimate of drug-likeness (QED) is 0.526. The highest BCUT2D eigenvalue weighted by Crippen LogP contribution is 2.27. The number of fused-ring (bicyclic) bond motifs is 1. The molecule has 4 aromatic rings. The van der Waals surface area contributed by atoms with Crippen molar-refractivity contribution in [2.45, 2.75) is 6.42 Å². The van der Waals surface area contributed by atoms with Gasteiger partial charge in [-0.2, -0.15) is 5.10 Å². The Morgan fingerprint density at radius 3 is 2.57 bits per heavy atom. The number of para-hydroxylation sites is 1. The van der Waals surface area contributed by atoms with E-state index in [0.29, 0.717) is 28.1 Å². The Balaban J connectivity index is 1.56. The fourth-order valence-electron chi connectivity index (χ4n) is 3.10. The Morgan fingerprint density at radius 1 is 1.07 bits per heavy atom. The second-order valence-electron chi connectivity index (χ2n) is 6.45. The number of amides is 1. The number of carbonyl (C=O) groups is 1. The van der Waals surface area contributed by atoms with Gasteiger partial charge in [0.15, 0.2) is 17.1 Å². The van der Waals surface area contributed by atoms with Crippen LogP contribution in [-0.2, 0) is 11.2 Å². The maximum absolute atomic E-state index is 12.8. The zero-order chi connectivity index (χ0) is 21.1. The Hall–Kier alpha value is -4.14. The normalized spacial score (nSPS) is 10.7. The van der Waals surface area contributed by atoms with Crippen LogP contribution in [0.2, 0.25) is 0 Å². The van der Waals surface area contributed by atoms with Gasteiger partial charge in [0, 0.05) is 0 Å². The summed E-state index contributed by atoms with van der Waals surface area (Å²) in [6, 6.07) is 14.6. The van der Waals surface area contributed by atoms with E-state index in [1.54, 1.807) is 30.0 Å². The summed E-state index contributed by atoms with van der Waals surface area (Å²) in [6.45, 7) is 0. The second-order valence-corrected chi connectivity index (χ2v) is 6.45. The first kappa shape index (κ1) is 19.2. The molecule has 0 fully saturated rings. The standard InChI is InChI=1S/C21H19N5O4/c1-29-17-9-8-14(10-18(17)30-2)11-19(27)24-25-13-22-20-16(21(25)28)12-23-26(20)15-6-4-3-5-7-15/h3-10,12-13H,11H2,1-2H3,(H,24,27). The van der Waals surface area contributed by atoms with Gasteiger partial charge in [-0.25, -0.2) is 14.3 Å². The van der Waals surface area contributed by atoms with Crippen LogP contribution < -0.4 is 20.5 Å². The van der Waals surface area contributed by atoms with Crippen LogP contribution in [0.15, 0.2) is 65.8 Å². The summed E-state index contributed by atoms with van der Waals surface area (Å²) in [7, 11) is 3.07. The molecular formula is C21H19N5O4. The number of carbonyl (C=O) groups excluding carboxylic acids is 1. The average Bonchev–Trinajstić information content (AvgIpc) is 3.21. The van der Waals surface area contributed by atoms with Gasteiger partial charge in [-0.05, 0) is 29.8 Å². The molecule has 0 aliphatic rings. The molecule has 0 aliphatic heterocycles. The number of benzene rings is 2. The zero-order valence-corrected chi connectivity index (χ0v) is 16.4. The van der Waals surface area contributed by atoms with E-state index in [4.69, 9.17) is 9.47 Å². The van der Waals surface area contributed by atoms with E-state index in [1.165, 1.54) is 19.6 Å². The molecule has 152 valence electrons. The van der Waals surface area contributed by atoms with Crippen molar-refractivity contribution in [2.75, 3.05) is 19.6 Å². The number of hydrogen-bond donors (Lipinski definition) is 1. The molecule has 4 rings (SSSR count). The van der Waals surface area contributed by atoms with Crippen molar-refractivity contribution in [1.82, 2.24) is 19.4 Å². The van der Waals surface area contributed by atoms with Crippen molar-refractivity contribution in [3.05, 3.63) is 77.0 Å². The van der Waals surface area contributed by atoms with Crippen molar-refractivity contribution < 1.29 is 14.3 Å². The van der Waals surface area contributed by atoms with Gasteiger partial charge in [0.05, 0.1) is 32.5 Å². The molecule has 0 atom stereocenters. The number of ether oxygens (including phenoxy) is 2. The summed E-state index contributed by atoms with van der Waals surface area (Å²) in [4.78, 5) is 29.5. The number of hydrogen-bond acceptors (Lipinski definition) is 6. The SMILES string of the molecule is COc1ccc(CC(=O)Nn2cnc3c(cnn3-c3ccccc3)c2=O)cc1OC. The van der Waals surface area contributed by atoms with Crippen molar-refractivity contribution in [2.24, 2.45) is 0 Å². The molecule has 0 spiro atoms. The fraction of sp³-hybridized carbons (Fsp3) is 0.143. The van der Waals surface area contributed by atoms with E-state index in [2.05, 4.69) is 15.5 Å². The summed E-state index contributed by atoms with van der Waals surface area (Å²) >= 11 is 0. The summed E-state index contributed by atoms with van der Waals surface area (Å²) in [5, 5.41) is 4.55. The lowest BCUT2D eigenvalue weighted by Gasteiger charge is -2.11. The molecule has 0 aliphatic carbocycles. The highest BCUT2D eigenvalue weighted by atomic mass is 16.5. The van der Waals surface area contributed by atoms with E-state index in [9.17, 15) is 9.59 Å². The summed E-state index contributed by atoms with van der Waals surface area (Å²) in [5.41, 5.74) is 4.06. The van der Waals surface area contributed by atoms with Gasteiger partial charge in [-0.15, -0.1) is 0 Å². The number of nitrogens with zero attached hydrogens (tertiary/aromatic N) is 4. The summed E-state index contributed by atoms with van der Waals surface area (Å²) < 4.78 is 13.1. The van der Waals surface area contributed by atoms with Gasteiger partial charge in [0.2, 0.25) is 5.91 Å². The number of rotatable bonds is 6. The van der Waals surface area contributed by atoms with Gasteiger partial charge in [0.25, 0.3) is 5.56 Å². The minimum absolute atomic E-state index is 0.0497. The fourth-order valence-corrected chi connectivity index (χ4v) is 3.10. The maximum atomic E-state index is 12.8. The lowest BCUT2D eigenvalue weighted by molar-refractivity contribution is -0.116. The van der Waals surface area contributed by atoms with Crippen molar-refractivity contribution in [3.8, 4) is 17.2 Å². The smallest absolute Gasteiger partial charge is 0.283 e. The van der Waals surface area contributed by atoms with Crippen LogP contribution >= 0.6 is 0 Å². The summed E-state index contributed by atoms with van der Waals surface area (Å²) in [5.74, 6) is 0.722. The molecule has 1 N–H and O–H groups in total. The van der Waals surface area contributed by atoms with E-state index in [-0.39, 0.29) is 12.3 Å². The largest absolute Gasteiger partial charge is 0.493 e. The Kier molecular flexibility index (Phi) is 5.17. The van der Waals surface area contributed by atoms with Crippen LogP contribution in [-0.4, -0.2) is 39.6 Å². The third-order valence-corrected chi connectivity index (χ3v) is 4.55. The van der Waals surface area contributed by atoms with E-state index >= 15 is 0 Å².